The summed E-state index contributed by atoms with van der Waals surface area (Å²) in [6.45, 7) is 6.23. The van der Waals surface area contributed by atoms with E-state index in [9.17, 15) is 8.42 Å². The number of hydrogen-bond acceptors (Lipinski definition) is 8. The predicted molar refractivity (Wildman–Crippen MR) is 160 cm³/mol. The van der Waals surface area contributed by atoms with Crippen molar-refractivity contribution in [3.05, 3.63) is 74.4 Å². The van der Waals surface area contributed by atoms with Crippen LogP contribution in [-0.2, 0) is 16.4 Å². The van der Waals surface area contributed by atoms with Gasteiger partial charge in [0.15, 0.2) is 9.84 Å². The van der Waals surface area contributed by atoms with E-state index < -0.39 is 9.84 Å². The van der Waals surface area contributed by atoms with Crippen LogP contribution in [0.5, 0.6) is 0 Å². The summed E-state index contributed by atoms with van der Waals surface area (Å²) in [6, 6.07) is 11.1. The van der Waals surface area contributed by atoms with E-state index in [0.29, 0.717) is 23.3 Å². The lowest BCUT2D eigenvalue weighted by Gasteiger charge is -2.35. The van der Waals surface area contributed by atoms with E-state index in [1.807, 2.05) is 32.0 Å². The number of nitriles is 1. The molecule has 2 N–H and O–H groups in total. The molecule has 0 saturated carbocycles. The first kappa shape index (κ1) is 29.0. The van der Waals surface area contributed by atoms with Crippen LogP contribution in [0.1, 0.15) is 35.1 Å². The van der Waals surface area contributed by atoms with Gasteiger partial charge in [-0.05, 0) is 108 Å². The molecule has 8 nitrogen and oxygen atoms in total. The molecule has 1 saturated heterocycles. The van der Waals surface area contributed by atoms with Crippen LogP contribution in [-0.4, -0.2) is 43.8 Å². The summed E-state index contributed by atoms with van der Waals surface area (Å²) in [5.41, 5.74) is 4.73. The molecule has 4 rings (SSSR count). The molecule has 1 aliphatic heterocycles. The maximum Gasteiger partial charge on any atom is 0.227 e. The molecule has 0 spiro atoms. The van der Waals surface area contributed by atoms with Crippen molar-refractivity contribution in [1.29, 1.82) is 5.26 Å². The third-order valence-electron chi connectivity index (χ3n) is 6.68. The minimum absolute atomic E-state index is 0.181. The second-order valence-electron chi connectivity index (χ2n) is 9.62. The SMILES string of the molecule is Cc1cc(/C=C/C#N)cc(C)c1Nc1nc(N(Cc2ccc(S(C)(=O)=O)cc2Cl)C2CCNCC2)ncc1Br. The van der Waals surface area contributed by atoms with Gasteiger partial charge in [0, 0.05) is 41.8 Å². The molecule has 39 heavy (non-hydrogen) atoms. The van der Waals surface area contributed by atoms with Crippen molar-refractivity contribution in [2.24, 2.45) is 0 Å². The minimum atomic E-state index is -3.36. The van der Waals surface area contributed by atoms with Gasteiger partial charge in [-0.3, -0.25) is 0 Å². The molecule has 2 aromatic carbocycles. The summed E-state index contributed by atoms with van der Waals surface area (Å²) < 4.78 is 24.7. The van der Waals surface area contributed by atoms with Crippen LogP contribution >= 0.6 is 27.5 Å². The van der Waals surface area contributed by atoms with Gasteiger partial charge >= 0.3 is 0 Å². The highest BCUT2D eigenvalue weighted by Crippen LogP contribution is 2.32. The lowest BCUT2D eigenvalue weighted by Crippen LogP contribution is -2.43. The Bertz CT molecular complexity index is 1530. The smallest absolute Gasteiger partial charge is 0.227 e. The van der Waals surface area contributed by atoms with Crippen LogP contribution in [0.3, 0.4) is 0 Å². The average molecular weight is 630 g/mol. The number of aryl methyl sites for hydroxylation is 2. The first-order valence-corrected chi connectivity index (χ1v) is 15.6. The molecule has 0 atom stereocenters. The van der Waals surface area contributed by atoms with Crippen LogP contribution in [0.2, 0.25) is 5.02 Å². The second-order valence-corrected chi connectivity index (χ2v) is 12.9. The van der Waals surface area contributed by atoms with Crippen molar-refractivity contribution < 1.29 is 8.42 Å². The molecular weight excluding hydrogens is 600 g/mol. The van der Waals surface area contributed by atoms with Crippen molar-refractivity contribution >= 4 is 60.9 Å². The Morgan fingerprint density at radius 2 is 1.92 bits per heavy atom. The summed E-state index contributed by atoms with van der Waals surface area (Å²) in [7, 11) is -3.36. The number of benzene rings is 2. The Kier molecular flexibility index (Phi) is 9.28. The van der Waals surface area contributed by atoms with E-state index in [1.165, 1.54) is 18.4 Å². The average Bonchev–Trinajstić information content (AvgIpc) is 2.90. The monoisotopic (exact) mass is 628 g/mol. The van der Waals surface area contributed by atoms with Crippen LogP contribution in [0.4, 0.5) is 17.5 Å². The lowest BCUT2D eigenvalue weighted by atomic mass is 10.0. The molecule has 0 bridgehead atoms. The zero-order valence-corrected chi connectivity index (χ0v) is 25.2. The van der Waals surface area contributed by atoms with Crippen molar-refractivity contribution in [3.63, 3.8) is 0 Å². The fraction of sp³-hybridized carbons (Fsp3) is 0.321. The van der Waals surface area contributed by atoms with Gasteiger partial charge in [0.1, 0.15) is 5.82 Å². The number of anilines is 3. The van der Waals surface area contributed by atoms with E-state index in [4.69, 9.17) is 21.8 Å². The number of nitrogens with one attached hydrogen (secondary N) is 2. The molecular formula is C28H30BrClN6O2S. The molecule has 11 heteroatoms. The first-order chi connectivity index (χ1) is 18.6. The van der Waals surface area contributed by atoms with Gasteiger partial charge in [-0.25, -0.2) is 13.4 Å². The fourth-order valence-electron chi connectivity index (χ4n) is 4.68. The van der Waals surface area contributed by atoms with Crippen molar-refractivity contribution in [1.82, 2.24) is 15.3 Å². The summed E-state index contributed by atoms with van der Waals surface area (Å²) in [6.07, 6.45) is 7.98. The summed E-state index contributed by atoms with van der Waals surface area (Å²) in [5, 5.41) is 16.1. The van der Waals surface area contributed by atoms with Gasteiger partial charge in [0.25, 0.3) is 0 Å². The Balaban J connectivity index is 1.69. The van der Waals surface area contributed by atoms with Crippen LogP contribution in [0.25, 0.3) is 6.08 Å². The zero-order chi connectivity index (χ0) is 28.2. The van der Waals surface area contributed by atoms with Gasteiger partial charge in [-0.15, -0.1) is 0 Å². The number of sulfone groups is 1. The number of halogens is 2. The molecule has 0 unspecified atom stereocenters. The Morgan fingerprint density at radius 3 is 2.54 bits per heavy atom. The highest BCUT2D eigenvalue weighted by Gasteiger charge is 2.25. The highest BCUT2D eigenvalue weighted by atomic mass is 79.9. The van der Waals surface area contributed by atoms with E-state index in [2.05, 4.69) is 36.4 Å². The van der Waals surface area contributed by atoms with Crippen molar-refractivity contribution in [2.45, 2.75) is 44.2 Å². The van der Waals surface area contributed by atoms with Crippen molar-refractivity contribution in [2.75, 3.05) is 29.6 Å². The summed E-state index contributed by atoms with van der Waals surface area (Å²) >= 11 is 10.2. The predicted octanol–water partition coefficient (Wildman–Crippen LogP) is 5.95. The lowest BCUT2D eigenvalue weighted by molar-refractivity contribution is 0.424. The molecule has 204 valence electrons. The van der Waals surface area contributed by atoms with Gasteiger partial charge in [0.05, 0.1) is 15.4 Å². The molecule has 2 heterocycles. The van der Waals surface area contributed by atoms with Crippen LogP contribution in [0.15, 0.2) is 52.0 Å². The number of piperidine rings is 1. The largest absolute Gasteiger partial charge is 0.339 e. The molecule has 3 aromatic rings. The molecule has 0 amide bonds. The van der Waals surface area contributed by atoms with Gasteiger partial charge < -0.3 is 15.5 Å². The molecule has 1 fully saturated rings. The van der Waals surface area contributed by atoms with Crippen LogP contribution in [0, 0.1) is 25.2 Å². The van der Waals surface area contributed by atoms with E-state index in [0.717, 1.165) is 58.3 Å². The van der Waals surface area contributed by atoms with Crippen molar-refractivity contribution in [3.8, 4) is 6.07 Å². The molecule has 1 aromatic heterocycles. The Morgan fingerprint density at radius 1 is 1.23 bits per heavy atom. The molecule has 0 radical (unpaired) electrons. The number of aromatic nitrogens is 2. The topological polar surface area (TPSA) is 111 Å². The third kappa shape index (κ3) is 7.17. The maximum absolute atomic E-state index is 12.0. The normalized spacial score (nSPS) is 14.4. The number of hydrogen-bond donors (Lipinski definition) is 2. The minimum Gasteiger partial charge on any atom is -0.339 e. The Hall–Kier alpha value is -2.97. The summed E-state index contributed by atoms with van der Waals surface area (Å²) in [5.74, 6) is 1.18. The van der Waals surface area contributed by atoms with Crippen LogP contribution < -0.4 is 15.5 Å². The second kappa shape index (κ2) is 12.5. The molecule has 0 aliphatic carbocycles. The fourth-order valence-corrected chi connectivity index (χ4v) is 5.92. The van der Waals surface area contributed by atoms with Gasteiger partial charge in [0.2, 0.25) is 5.95 Å². The zero-order valence-electron chi connectivity index (χ0n) is 22.0. The number of rotatable bonds is 8. The number of nitrogens with zero attached hydrogens (tertiary/aromatic N) is 4. The highest BCUT2D eigenvalue weighted by molar-refractivity contribution is 9.10. The first-order valence-electron chi connectivity index (χ1n) is 12.5. The van der Waals surface area contributed by atoms with Gasteiger partial charge in [-0.1, -0.05) is 17.7 Å². The van der Waals surface area contributed by atoms with E-state index in [-0.39, 0.29) is 10.9 Å². The standard InChI is InChI=1S/C28H30BrClN6O2S/c1-18-13-20(5-4-10-31)14-19(2)26(18)34-27-24(29)16-33-28(35-27)36(22-8-11-32-12-9-22)17-21-6-7-23(15-25(21)30)39(3,37)38/h4-7,13-16,22,32H,8-9,11-12,17H2,1-3H3,(H,33,34,35)/b5-4+. The maximum atomic E-state index is 12.0. The van der Waals surface area contributed by atoms with E-state index in [1.54, 1.807) is 24.4 Å². The summed E-state index contributed by atoms with van der Waals surface area (Å²) in [4.78, 5) is 11.9. The quantitative estimate of drug-likeness (QED) is 0.294. The third-order valence-corrected chi connectivity index (χ3v) is 8.72. The number of allylic oxidation sites excluding steroid dienone is 1. The Labute approximate surface area is 243 Å². The van der Waals surface area contributed by atoms with E-state index >= 15 is 0 Å². The van der Waals surface area contributed by atoms with Gasteiger partial charge in [-0.2, -0.15) is 10.2 Å². The molecule has 1 aliphatic rings.